The van der Waals surface area contributed by atoms with E-state index in [9.17, 15) is 24.9 Å². The summed E-state index contributed by atoms with van der Waals surface area (Å²) in [4.78, 5) is 24.3. The van der Waals surface area contributed by atoms with Gasteiger partial charge in [0.2, 0.25) is 0 Å². The minimum Gasteiger partial charge on any atom is -0.460 e. The quantitative estimate of drug-likeness (QED) is 0.341. The van der Waals surface area contributed by atoms with E-state index in [1.807, 2.05) is 26.0 Å². The van der Waals surface area contributed by atoms with Gasteiger partial charge in [0.15, 0.2) is 0 Å². The third-order valence-electron chi connectivity index (χ3n) is 5.57. The van der Waals surface area contributed by atoms with E-state index in [1.54, 1.807) is 66.8 Å². The van der Waals surface area contributed by atoms with Gasteiger partial charge in [-0.25, -0.2) is 4.79 Å². The van der Waals surface area contributed by atoms with Crippen LogP contribution in [0.25, 0.3) is 0 Å². The first-order valence-corrected chi connectivity index (χ1v) is 13.4. The number of carbonyl (C=O) groups is 2. The van der Waals surface area contributed by atoms with Crippen molar-refractivity contribution < 1.29 is 34.4 Å². The number of carbonyl (C=O) groups excluding carboxylic acids is 2. The fraction of sp³-hybridized carbons (Fsp3) is 0.484. The second kappa shape index (κ2) is 21.0. The zero-order chi connectivity index (χ0) is 28.0. The van der Waals surface area contributed by atoms with E-state index in [-0.39, 0.29) is 18.9 Å². The molecule has 5 unspecified atom stereocenters. The van der Waals surface area contributed by atoms with Crippen molar-refractivity contribution in [3.05, 3.63) is 85.1 Å². The Morgan fingerprint density at radius 3 is 2.58 bits per heavy atom. The Bertz CT molecular complexity index is 879. The summed E-state index contributed by atoms with van der Waals surface area (Å²) in [6.45, 7) is 3.70. The summed E-state index contributed by atoms with van der Waals surface area (Å²) in [5.74, 6) is -0.842. The Balaban J connectivity index is 2.87. The molecule has 0 amide bonds. The highest BCUT2D eigenvalue weighted by atomic mass is 16.5. The lowest BCUT2D eigenvalue weighted by Gasteiger charge is -2.12. The van der Waals surface area contributed by atoms with Gasteiger partial charge in [-0.2, -0.15) is 0 Å². The van der Waals surface area contributed by atoms with Crippen LogP contribution >= 0.6 is 0 Å². The Kier molecular flexibility index (Phi) is 18.2. The molecule has 1 aliphatic heterocycles. The normalized spacial score (nSPS) is 25.7. The molecule has 1 heterocycles. The number of ether oxygens (including phenoxy) is 2. The first-order chi connectivity index (χ1) is 18.3. The van der Waals surface area contributed by atoms with Gasteiger partial charge in [0.1, 0.15) is 6.10 Å². The molecule has 38 heavy (non-hydrogen) atoms. The van der Waals surface area contributed by atoms with E-state index in [1.165, 1.54) is 6.08 Å². The molecule has 0 saturated heterocycles. The first-order valence-electron chi connectivity index (χ1n) is 13.4. The van der Waals surface area contributed by atoms with Crippen molar-refractivity contribution in [2.24, 2.45) is 0 Å². The monoisotopic (exact) mass is 528 g/mol. The Hall–Kier alpha value is -3.00. The van der Waals surface area contributed by atoms with Gasteiger partial charge in [0.05, 0.1) is 30.8 Å². The van der Waals surface area contributed by atoms with Gasteiger partial charge < -0.3 is 24.8 Å². The minimum absolute atomic E-state index is 0.0453. The molecule has 0 aromatic carbocycles. The smallest absolute Gasteiger partial charge is 0.331 e. The highest BCUT2D eigenvalue weighted by Gasteiger charge is 2.10. The maximum Gasteiger partial charge on any atom is 0.331 e. The lowest BCUT2D eigenvalue weighted by atomic mass is 10.1. The van der Waals surface area contributed by atoms with E-state index in [4.69, 9.17) is 9.47 Å². The summed E-state index contributed by atoms with van der Waals surface area (Å²) in [5, 5.41) is 29.8. The number of cyclic esters (lactones) is 1. The van der Waals surface area contributed by atoms with Crippen LogP contribution in [0.1, 0.15) is 65.2 Å². The van der Waals surface area contributed by atoms with Gasteiger partial charge >= 0.3 is 11.9 Å². The average Bonchev–Trinajstić information content (AvgIpc) is 2.86. The largest absolute Gasteiger partial charge is 0.460 e. The van der Waals surface area contributed by atoms with Gasteiger partial charge in [-0.15, -0.1) is 0 Å². The topological polar surface area (TPSA) is 113 Å². The maximum atomic E-state index is 12.2. The summed E-state index contributed by atoms with van der Waals surface area (Å²) < 4.78 is 10.9. The van der Waals surface area contributed by atoms with Crippen LogP contribution in [0.2, 0.25) is 0 Å². The molecule has 3 N–H and O–H groups in total. The fourth-order valence-corrected chi connectivity index (χ4v) is 3.41. The minimum atomic E-state index is -0.750. The standard InChI is InChI=1S/C31H44O7/c1-3-26(32)19-15-23-31(36)38-29-20-12-7-11-18-28(34)24-27(33)17-10-6-4-5-9-16-25(2)37-30(35)22-14-8-13-21-29/h4,6-8,10-15,17,19-20,22,25-29,32-34H,3,5,9,16,18,21,23-24H2,1-2H3. The molecule has 1 rings (SSSR count). The van der Waals surface area contributed by atoms with Crippen molar-refractivity contribution in [2.45, 2.75) is 95.7 Å². The van der Waals surface area contributed by atoms with Gasteiger partial charge in [-0.3, -0.25) is 4.79 Å². The zero-order valence-electron chi connectivity index (χ0n) is 22.6. The van der Waals surface area contributed by atoms with Crippen molar-refractivity contribution in [1.82, 2.24) is 0 Å². The van der Waals surface area contributed by atoms with Crippen LogP contribution in [0.5, 0.6) is 0 Å². The summed E-state index contributed by atoms with van der Waals surface area (Å²) in [7, 11) is 0. The molecular formula is C31H44O7. The van der Waals surface area contributed by atoms with Gasteiger partial charge in [-0.1, -0.05) is 79.8 Å². The SMILES string of the molecule is CCC(O)C=CCC(=O)OC1C=CC=CCC(O)CC(O)C=CC=CCCCC(C)OC(=O)C=CC=CC1. The number of esters is 2. The molecule has 210 valence electrons. The van der Waals surface area contributed by atoms with Crippen molar-refractivity contribution in [2.75, 3.05) is 0 Å². The van der Waals surface area contributed by atoms with Crippen LogP contribution in [0.4, 0.5) is 0 Å². The van der Waals surface area contributed by atoms with Gasteiger partial charge in [-0.05, 0) is 45.1 Å². The Morgan fingerprint density at radius 1 is 1.08 bits per heavy atom. The van der Waals surface area contributed by atoms with Crippen LogP contribution < -0.4 is 0 Å². The van der Waals surface area contributed by atoms with Crippen molar-refractivity contribution in [3.8, 4) is 0 Å². The second-order valence-electron chi connectivity index (χ2n) is 9.16. The van der Waals surface area contributed by atoms with E-state index in [0.717, 1.165) is 19.3 Å². The Morgan fingerprint density at radius 2 is 1.79 bits per heavy atom. The molecule has 5 atom stereocenters. The van der Waals surface area contributed by atoms with Gasteiger partial charge in [0, 0.05) is 18.9 Å². The molecule has 7 nitrogen and oxygen atoms in total. The second-order valence-corrected chi connectivity index (χ2v) is 9.16. The molecule has 0 fully saturated rings. The third-order valence-corrected chi connectivity index (χ3v) is 5.57. The van der Waals surface area contributed by atoms with Crippen LogP contribution in [0, 0.1) is 0 Å². The maximum absolute atomic E-state index is 12.2. The lowest BCUT2D eigenvalue weighted by molar-refractivity contribution is -0.145. The number of hydrogen-bond acceptors (Lipinski definition) is 7. The molecule has 7 heteroatoms. The van der Waals surface area contributed by atoms with Crippen LogP contribution in [-0.2, 0) is 19.1 Å². The predicted octanol–water partition coefficient (Wildman–Crippen LogP) is 4.96. The fourth-order valence-electron chi connectivity index (χ4n) is 3.41. The summed E-state index contributed by atoms with van der Waals surface area (Å²) in [6.07, 6.45) is 25.1. The lowest BCUT2D eigenvalue weighted by Crippen LogP contribution is -2.15. The van der Waals surface area contributed by atoms with Crippen molar-refractivity contribution >= 4 is 11.9 Å². The molecule has 0 aliphatic carbocycles. The molecule has 0 aromatic heterocycles. The van der Waals surface area contributed by atoms with Crippen molar-refractivity contribution in [3.63, 3.8) is 0 Å². The van der Waals surface area contributed by atoms with E-state index in [0.29, 0.717) is 19.3 Å². The van der Waals surface area contributed by atoms with Crippen molar-refractivity contribution in [1.29, 1.82) is 0 Å². The van der Waals surface area contributed by atoms with Gasteiger partial charge in [0.25, 0.3) is 0 Å². The average molecular weight is 529 g/mol. The molecule has 0 bridgehead atoms. The number of aliphatic hydroxyl groups is 3. The van der Waals surface area contributed by atoms with E-state index in [2.05, 4.69) is 0 Å². The highest BCUT2D eigenvalue weighted by molar-refractivity contribution is 5.82. The first kappa shape index (κ1) is 33.0. The molecular weight excluding hydrogens is 484 g/mol. The summed E-state index contributed by atoms with van der Waals surface area (Å²) in [6, 6.07) is 0. The number of aliphatic hydroxyl groups excluding tert-OH is 3. The summed E-state index contributed by atoms with van der Waals surface area (Å²) in [5.41, 5.74) is 0. The molecule has 0 radical (unpaired) electrons. The Labute approximate surface area is 227 Å². The summed E-state index contributed by atoms with van der Waals surface area (Å²) >= 11 is 0. The molecule has 0 saturated carbocycles. The number of rotatable bonds is 5. The molecule has 0 aromatic rings. The highest BCUT2D eigenvalue weighted by Crippen LogP contribution is 2.09. The molecule has 1 aliphatic rings. The predicted molar refractivity (Wildman–Crippen MR) is 150 cm³/mol. The van der Waals surface area contributed by atoms with Crippen LogP contribution in [0.3, 0.4) is 0 Å². The van der Waals surface area contributed by atoms with E-state index < -0.39 is 36.4 Å². The zero-order valence-corrected chi connectivity index (χ0v) is 22.6. The number of allylic oxidation sites excluding steroid dienone is 7. The third kappa shape index (κ3) is 18.3. The number of hydrogen-bond donors (Lipinski definition) is 3. The van der Waals surface area contributed by atoms with Crippen LogP contribution in [-0.4, -0.2) is 57.8 Å². The van der Waals surface area contributed by atoms with Crippen LogP contribution in [0.15, 0.2) is 85.1 Å². The molecule has 0 spiro atoms. The van der Waals surface area contributed by atoms with E-state index >= 15 is 0 Å².